The summed E-state index contributed by atoms with van der Waals surface area (Å²) in [6.07, 6.45) is 2.35. The number of nitrogens with one attached hydrogen (secondary N) is 2. The molecule has 2 aromatic heterocycles. The Morgan fingerprint density at radius 1 is 1.14 bits per heavy atom. The van der Waals surface area contributed by atoms with Gasteiger partial charge in [-0.25, -0.2) is 4.39 Å². The second-order valence-electron chi connectivity index (χ2n) is 5.07. The van der Waals surface area contributed by atoms with E-state index in [1.54, 1.807) is 16.6 Å². The van der Waals surface area contributed by atoms with E-state index in [2.05, 4.69) is 25.9 Å². The van der Waals surface area contributed by atoms with Crippen LogP contribution in [-0.2, 0) is 0 Å². The van der Waals surface area contributed by atoms with Crippen LogP contribution in [0.25, 0.3) is 5.65 Å². The molecule has 1 saturated carbocycles. The van der Waals surface area contributed by atoms with E-state index in [1.807, 2.05) is 12.1 Å². The number of halogens is 1. The first-order valence-electron chi connectivity index (χ1n) is 6.79. The molecule has 0 unspecified atom stereocenters. The van der Waals surface area contributed by atoms with Gasteiger partial charge in [0.05, 0.1) is 0 Å². The van der Waals surface area contributed by atoms with Gasteiger partial charge < -0.3 is 10.6 Å². The molecule has 0 spiro atoms. The highest BCUT2D eigenvalue weighted by molar-refractivity contribution is 5.57. The van der Waals surface area contributed by atoms with E-state index in [0.717, 1.165) is 5.82 Å². The summed E-state index contributed by atoms with van der Waals surface area (Å²) in [5, 5.41) is 18.9. The minimum Gasteiger partial charge on any atom is -0.366 e. The third kappa shape index (κ3) is 2.49. The summed E-state index contributed by atoms with van der Waals surface area (Å²) in [5.74, 6) is 0.931. The molecule has 6 nitrogen and oxygen atoms in total. The van der Waals surface area contributed by atoms with Crippen molar-refractivity contribution in [2.75, 3.05) is 10.6 Å². The average molecular weight is 284 g/mol. The summed E-state index contributed by atoms with van der Waals surface area (Å²) in [6, 6.07) is 10.4. The summed E-state index contributed by atoms with van der Waals surface area (Å²) >= 11 is 0. The number of rotatable bonds is 4. The summed E-state index contributed by atoms with van der Waals surface area (Å²) in [7, 11) is 0. The lowest BCUT2D eigenvalue weighted by Gasteiger charge is -2.06. The first-order chi connectivity index (χ1) is 10.3. The Labute approximate surface area is 120 Å². The molecule has 7 heteroatoms. The molecule has 0 radical (unpaired) electrons. The van der Waals surface area contributed by atoms with E-state index >= 15 is 0 Å². The van der Waals surface area contributed by atoms with Crippen LogP contribution in [0, 0.1) is 5.82 Å². The van der Waals surface area contributed by atoms with Gasteiger partial charge in [-0.2, -0.15) is 4.52 Å². The third-order valence-corrected chi connectivity index (χ3v) is 3.27. The van der Waals surface area contributed by atoms with Crippen LogP contribution in [0.2, 0.25) is 0 Å². The van der Waals surface area contributed by atoms with Crippen molar-refractivity contribution in [2.45, 2.75) is 18.9 Å². The Morgan fingerprint density at radius 3 is 2.86 bits per heavy atom. The largest absolute Gasteiger partial charge is 0.366 e. The molecule has 1 fully saturated rings. The fourth-order valence-corrected chi connectivity index (χ4v) is 2.08. The molecule has 0 saturated heterocycles. The van der Waals surface area contributed by atoms with Crippen molar-refractivity contribution in [3.05, 3.63) is 42.2 Å². The molecular formula is C14H13FN6. The van der Waals surface area contributed by atoms with Crippen molar-refractivity contribution in [3.8, 4) is 0 Å². The van der Waals surface area contributed by atoms with E-state index in [4.69, 9.17) is 0 Å². The normalized spacial score (nSPS) is 14.3. The Bertz CT molecular complexity index is 795. The maximum absolute atomic E-state index is 13.2. The topological polar surface area (TPSA) is 67.1 Å². The van der Waals surface area contributed by atoms with Crippen molar-refractivity contribution in [1.29, 1.82) is 0 Å². The second kappa shape index (κ2) is 4.69. The molecular weight excluding hydrogens is 271 g/mol. The molecule has 0 aliphatic heterocycles. The highest BCUT2D eigenvalue weighted by Gasteiger charge is 2.21. The van der Waals surface area contributed by atoms with Crippen LogP contribution < -0.4 is 10.6 Å². The van der Waals surface area contributed by atoms with Crippen molar-refractivity contribution >= 4 is 23.1 Å². The summed E-state index contributed by atoms with van der Waals surface area (Å²) in [6.45, 7) is 0. The molecule has 0 atom stereocenters. The molecule has 2 N–H and O–H groups in total. The van der Waals surface area contributed by atoms with Gasteiger partial charge in [-0.05, 0) is 43.2 Å². The maximum atomic E-state index is 13.2. The Balaban J connectivity index is 1.67. The highest BCUT2D eigenvalue weighted by Crippen LogP contribution is 2.24. The van der Waals surface area contributed by atoms with E-state index in [0.29, 0.717) is 23.3 Å². The first-order valence-corrected chi connectivity index (χ1v) is 6.79. The lowest BCUT2D eigenvalue weighted by atomic mass is 10.3. The van der Waals surface area contributed by atoms with Crippen LogP contribution in [0.5, 0.6) is 0 Å². The smallest absolute Gasteiger partial charge is 0.250 e. The van der Waals surface area contributed by atoms with Crippen LogP contribution in [0.4, 0.5) is 21.8 Å². The highest BCUT2D eigenvalue weighted by atomic mass is 19.1. The Kier molecular flexibility index (Phi) is 2.70. The lowest BCUT2D eigenvalue weighted by Crippen LogP contribution is -2.07. The standard InChI is InChI=1S/C14H13FN6/c15-9-2-1-3-11(8-9)17-14-19-18-13-7-6-12(20-21(13)14)16-10-4-5-10/h1-3,6-8,10H,4-5H2,(H,16,20)(H,17,19). The Morgan fingerprint density at radius 2 is 2.05 bits per heavy atom. The van der Waals surface area contributed by atoms with Gasteiger partial charge >= 0.3 is 0 Å². The molecule has 2 heterocycles. The van der Waals surface area contributed by atoms with E-state index in [9.17, 15) is 4.39 Å². The molecule has 4 rings (SSSR count). The molecule has 106 valence electrons. The van der Waals surface area contributed by atoms with Crippen molar-refractivity contribution in [3.63, 3.8) is 0 Å². The van der Waals surface area contributed by atoms with Crippen LogP contribution in [0.1, 0.15) is 12.8 Å². The SMILES string of the molecule is Fc1cccc(Nc2nnc3ccc(NC4CC4)nn23)c1. The number of benzene rings is 1. The summed E-state index contributed by atoms with van der Waals surface area (Å²) < 4.78 is 14.8. The van der Waals surface area contributed by atoms with Crippen molar-refractivity contribution < 1.29 is 4.39 Å². The summed E-state index contributed by atoms with van der Waals surface area (Å²) in [5.41, 5.74) is 1.24. The van der Waals surface area contributed by atoms with E-state index in [-0.39, 0.29) is 5.82 Å². The van der Waals surface area contributed by atoms with E-state index in [1.165, 1.54) is 25.0 Å². The van der Waals surface area contributed by atoms with Crippen LogP contribution in [0.15, 0.2) is 36.4 Å². The molecule has 1 aromatic carbocycles. The maximum Gasteiger partial charge on any atom is 0.250 e. The predicted molar refractivity (Wildman–Crippen MR) is 77.1 cm³/mol. The van der Waals surface area contributed by atoms with Crippen molar-refractivity contribution in [2.24, 2.45) is 0 Å². The molecule has 0 amide bonds. The number of hydrogen-bond acceptors (Lipinski definition) is 5. The van der Waals surface area contributed by atoms with E-state index < -0.39 is 0 Å². The number of hydrogen-bond donors (Lipinski definition) is 2. The molecule has 0 bridgehead atoms. The third-order valence-electron chi connectivity index (χ3n) is 3.27. The van der Waals surface area contributed by atoms with Crippen LogP contribution in [-0.4, -0.2) is 25.9 Å². The van der Waals surface area contributed by atoms with Gasteiger partial charge in [-0.15, -0.1) is 15.3 Å². The van der Waals surface area contributed by atoms with Gasteiger partial charge in [0, 0.05) is 11.7 Å². The quantitative estimate of drug-likeness (QED) is 0.770. The first kappa shape index (κ1) is 12.1. The zero-order chi connectivity index (χ0) is 14.2. The molecule has 1 aliphatic rings. The monoisotopic (exact) mass is 284 g/mol. The number of nitrogens with zero attached hydrogens (tertiary/aromatic N) is 4. The molecule has 1 aliphatic carbocycles. The average Bonchev–Trinajstić information content (AvgIpc) is 3.20. The van der Waals surface area contributed by atoms with Gasteiger partial charge in [-0.3, -0.25) is 0 Å². The van der Waals surface area contributed by atoms with Gasteiger partial charge in [0.2, 0.25) is 0 Å². The predicted octanol–water partition coefficient (Wildman–Crippen LogP) is 2.58. The zero-order valence-electron chi connectivity index (χ0n) is 11.1. The Hall–Kier alpha value is -2.70. The van der Waals surface area contributed by atoms with Gasteiger partial charge in [0.1, 0.15) is 11.6 Å². The second-order valence-corrected chi connectivity index (χ2v) is 5.07. The number of aromatic nitrogens is 4. The van der Waals surface area contributed by atoms with Crippen molar-refractivity contribution in [1.82, 2.24) is 19.8 Å². The number of anilines is 3. The van der Waals surface area contributed by atoms with Gasteiger partial charge in [0.25, 0.3) is 5.95 Å². The van der Waals surface area contributed by atoms with Gasteiger partial charge in [0.15, 0.2) is 5.65 Å². The van der Waals surface area contributed by atoms with Gasteiger partial charge in [-0.1, -0.05) is 6.07 Å². The molecule has 3 aromatic rings. The lowest BCUT2D eigenvalue weighted by molar-refractivity contribution is 0.628. The van der Waals surface area contributed by atoms with Crippen LogP contribution in [0.3, 0.4) is 0 Å². The van der Waals surface area contributed by atoms with Crippen LogP contribution >= 0.6 is 0 Å². The fraction of sp³-hybridized carbons (Fsp3) is 0.214. The zero-order valence-corrected chi connectivity index (χ0v) is 11.1. The minimum absolute atomic E-state index is 0.308. The fourth-order valence-electron chi connectivity index (χ4n) is 2.08. The molecule has 21 heavy (non-hydrogen) atoms. The summed E-state index contributed by atoms with van der Waals surface area (Å²) in [4.78, 5) is 0. The minimum atomic E-state index is -0.308. The number of fused-ring (bicyclic) bond motifs is 1.